The topological polar surface area (TPSA) is 61.8 Å². The van der Waals surface area contributed by atoms with E-state index in [9.17, 15) is 9.59 Å². The number of benzene rings is 2. The van der Waals surface area contributed by atoms with Crippen molar-refractivity contribution in [1.29, 1.82) is 0 Å². The average molecular weight is 361 g/mol. The highest BCUT2D eigenvalue weighted by atomic mass is 35.5. The van der Waals surface area contributed by atoms with Gasteiger partial charge >= 0.3 is 5.97 Å². The molecule has 0 fully saturated rings. The Kier molecular flexibility index (Phi) is 5.24. The fourth-order valence-electron chi connectivity index (χ4n) is 2.72. The van der Waals surface area contributed by atoms with Crippen molar-refractivity contribution >= 4 is 23.4 Å². The number of methoxy groups -OCH3 is 1. The summed E-state index contributed by atoms with van der Waals surface area (Å²) in [4.78, 5) is 24.5. The number of Topliss-reactive ketones (excluding diaryl/α,β-unsaturated/α-hetero) is 1. The number of hydrogen-bond acceptors (Lipinski definition) is 5. The Bertz CT molecular complexity index is 802. The van der Waals surface area contributed by atoms with E-state index in [1.165, 1.54) is 7.11 Å². The van der Waals surface area contributed by atoms with Crippen molar-refractivity contribution in [3.8, 4) is 11.5 Å². The summed E-state index contributed by atoms with van der Waals surface area (Å²) in [5, 5.41) is 0.586. The standard InChI is InChI=1S/C19H17ClO5/c1-23-18-5-3-2-4-15(18)16(21)11-25-19(22)13-8-12-9-14(20)6-7-17(12)24-10-13/h2-7,9,13H,8,10-11H2,1H3/t13-/m0/s1. The maximum absolute atomic E-state index is 12.3. The summed E-state index contributed by atoms with van der Waals surface area (Å²) >= 11 is 5.97. The van der Waals surface area contributed by atoms with Crippen molar-refractivity contribution in [2.24, 2.45) is 5.92 Å². The third-order valence-corrected chi connectivity index (χ3v) is 4.25. The van der Waals surface area contributed by atoms with E-state index in [1.807, 2.05) is 0 Å². The molecule has 1 heterocycles. The van der Waals surface area contributed by atoms with Crippen LogP contribution >= 0.6 is 11.6 Å². The third-order valence-electron chi connectivity index (χ3n) is 4.02. The van der Waals surface area contributed by atoms with Gasteiger partial charge in [0, 0.05) is 5.02 Å². The van der Waals surface area contributed by atoms with Crippen molar-refractivity contribution in [2.45, 2.75) is 6.42 Å². The molecule has 130 valence electrons. The summed E-state index contributed by atoms with van der Waals surface area (Å²) in [6.45, 7) is -0.117. The van der Waals surface area contributed by atoms with Crippen LogP contribution in [0.2, 0.25) is 5.02 Å². The lowest BCUT2D eigenvalue weighted by Crippen LogP contribution is -2.31. The Morgan fingerprint density at radius 3 is 2.84 bits per heavy atom. The van der Waals surface area contributed by atoms with Crippen LogP contribution in [0.5, 0.6) is 11.5 Å². The van der Waals surface area contributed by atoms with E-state index in [4.69, 9.17) is 25.8 Å². The van der Waals surface area contributed by atoms with Gasteiger partial charge in [-0.15, -0.1) is 0 Å². The summed E-state index contributed by atoms with van der Waals surface area (Å²) in [5.74, 6) is -0.0667. The number of rotatable bonds is 5. The predicted octanol–water partition coefficient (Wildman–Crippen LogP) is 3.33. The lowest BCUT2D eigenvalue weighted by Gasteiger charge is -2.24. The van der Waals surface area contributed by atoms with Gasteiger partial charge in [0.25, 0.3) is 0 Å². The van der Waals surface area contributed by atoms with Crippen molar-refractivity contribution in [3.05, 3.63) is 58.6 Å². The van der Waals surface area contributed by atoms with E-state index in [0.29, 0.717) is 22.8 Å². The molecule has 0 N–H and O–H groups in total. The summed E-state index contributed by atoms with van der Waals surface area (Å²) in [7, 11) is 1.49. The molecule has 1 aliphatic rings. The second-order valence-electron chi connectivity index (χ2n) is 5.70. The van der Waals surface area contributed by atoms with Crippen LogP contribution in [-0.2, 0) is 16.0 Å². The number of para-hydroxylation sites is 1. The van der Waals surface area contributed by atoms with Crippen LogP contribution in [0.1, 0.15) is 15.9 Å². The van der Waals surface area contributed by atoms with Gasteiger partial charge in [0.05, 0.1) is 18.6 Å². The first kappa shape index (κ1) is 17.3. The van der Waals surface area contributed by atoms with E-state index in [2.05, 4.69) is 0 Å². The number of fused-ring (bicyclic) bond motifs is 1. The zero-order valence-corrected chi connectivity index (χ0v) is 14.4. The zero-order valence-electron chi connectivity index (χ0n) is 13.7. The SMILES string of the molecule is COc1ccccc1C(=O)COC(=O)[C@@H]1COc2ccc(Cl)cc2C1. The van der Waals surface area contributed by atoms with Crippen molar-refractivity contribution in [2.75, 3.05) is 20.3 Å². The molecule has 0 radical (unpaired) electrons. The second kappa shape index (κ2) is 7.57. The fraction of sp³-hybridized carbons (Fsp3) is 0.263. The highest BCUT2D eigenvalue weighted by Gasteiger charge is 2.28. The summed E-state index contributed by atoms with van der Waals surface area (Å²) in [5.41, 5.74) is 1.24. The number of halogens is 1. The highest BCUT2D eigenvalue weighted by molar-refractivity contribution is 6.30. The Morgan fingerprint density at radius 1 is 1.24 bits per heavy atom. The van der Waals surface area contributed by atoms with Crippen molar-refractivity contribution < 1.29 is 23.8 Å². The van der Waals surface area contributed by atoms with Crippen LogP contribution in [0.3, 0.4) is 0 Å². The molecule has 1 atom stereocenters. The second-order valence-corrected chi connectivity index (χ2v) is 6.13. The number of hydrogen-bond donors (Lipinski definition) is 0. The Labute approximate surface area is 150 Å². The molecule has 0 saturated carbocycles. The van der Waals surface area contributed by atoms with Gasteiger partial charge in [0.1, 0.15) is 18.1 Å². The molecule has 1 aliphatic heterocycles. The Morgan fingerprint density at radius 2 is 2.04 bits per heavy atom. The van der Waals surface area contributed by atoms with Gasteiger partial charge in [0.2, 0.25) is 5.78 Å². The maximum Gasteiger partial charge on any atom is 0.313 e. The lowest BCUT2D eigenvalue weighted by molar-refractivity contribution is -0.148. The molecule has 0 amide bonds. The zero-order chi connectivity index (χ0) is 17.8. The maximum atomic E-state index is 12.3. The van der Waals surface area contributed by atoms with Gasteiger partial charge in [-0.1, -0.05) is 23.7 Å². The van der Waals surface area contributed by atoms with Crippen LogP contribution in [0, 0.1) is 5.92 Å². The molecule has 0 aliphatic carbocycles. The minimum Gasteiger partial charge on any atom is -0.496 e. The van der Waals surface area contributed by atoms with Crippen LogP contribution in [-0.4, -0.2) is 32.1 Å². The van der Waals surface area contributed by atoms with Crippen LogP contribution < -0.4 is 9.47 Å². The lowest BCUT2D eigenvalue weighted by atomic mass is 9.97. The molecule has 6 heteroatoms. The number of ketones is 1. The number of ether oxygens (including phenoxy) is 3. The molecular formula is C19H17ClO5. The first-order chi connectivity index (χ1) is 12.1. The minimum atomic E-state index is -0.464. The fourth-order valence-corrected chi connectivity index (χ4v) is 2.92. The van der Waals surface area contributed by atoms with Crippen molar-refractivity contribution in [1.82, 2.24) is 0 Å². The van der Waals surface area contributed by atoms with E-state index in [0.717, 1.165) is 11.3 Å². The average Bonchev–Trinajstić information content (AvgIpc) is 2.65. The monoisotopic (exact) mass is 360 g/mol. The number of carbonyl (C=O) groups excluding carboxylic acids is 2. The third kappa shape index (κ3) is 3.94. The molecule has 0 spiro atoms. The molecule has 0 bridgehead atoms. The quantitative estimate of drug-likeness (QED) is 0.604. The summed E-state index contributed by atoms with van der Waals surface area (Å²) in [6, 6.07) is 12.1. The van der Waals surface area contributed by atoms with Crippen LogP contribution in [0.15, 0.2) is 42.5 Å². The minimum absolute atomic E-state index is 0.219. The molecule has 0 unspecified atom stereocenters. The largest absolute Gasteiger partial charge is 0.496 e. The van der Waals surface area contributed by atoms with E-state index >= 15 is 0 Å². The molecule has 5 nitrogen and oxygen atoms in total. The first-order valence-corrected chi connectivity index (χ1v) is 8.20. The molecule has 2 aromatic carbocycles. The molecule has 25 heavy (non-hydrogen) atoms. The Hall–Kier alpha value is -2.53. The smallest absolute Gasteiger partial charge is 0.313 e. The van der Waals surface area contributed by atoms with E-state index in [-0.39, 0.29) is 19.0 Å². The van der Waals surface area contributed by atoms with Gasteiger partial charge in [-0.25, -0.2) is 0 Å². The van der Waals surface area contributed by atoms with Crippen LogP contribution in [0.25, 0.3) is 0 Å². The first-order valence-electron chi connectivity index (χ1n) is 7.82. The normalized spacial score (nSPS) is 15.7. The number of esters is 1. The van der Waals surface area contributed by atoms with E-state index < -0.39 is 11.9 Å². The molecule has 0 saturated heterocycles. The molecule has 0 aromatic heterocycles. The van der Waals surface area contributed by atoms with Gasteiger partial charge in [-0.05, 0) is 42.3 Å². The molecular weight excluding hydrogens is 344 g/mol. The highest BCUT2D eigenvalue weighted by Crippen LogP contribution is 2.30. The Balaban J connectivity index is 1.61. The summed E-state index contributed by atoms with van der Waals surface area (Å²) in [6.07, 6.45) is 0.470. The van der Waals surface area contributed by atoms with Gasteiger partial charge in [-0.3, -0.25) is 9.59 Å². The van der Waals surface area contributed by atoms with Gasteiger partial charge in [0.15, 0.2) is 6.61 Å². The number of carbonyl (C=O) groups is 2. The van der Waals surface area contributed by atoms with Crippen molar-refractivity contribution in [3.63, 3.8) is 0 Å². The molecule has 2 aromatic rings. The van der Waals surface area contributed by atoms with E-state index in [1.54, 1.807) is 42.5 Å². The van der Waals surface area contributed by atoms with Crippen LogP contribution in [0.4, 0.5) is 0 Å². The predicted molar refractivity (Wildman–Crippen MR) is 92.4 cm³/mol. The van der Waals surface area contributed by atoms with Gasteiger partial charge < -0.3 is 14.2 Å². The summed E-state index contributed by atoms with van der Waals surface area (Å²) < 4.78 is 15.9. The molecule has 3 rings (SSSR count). The van der Waals surface area contributed by atoms with Gasteiger partial charge in [-0.2, -0.15) is 0 Å².